The van der Waals surface area contributed by atoms with Gasteiger partial charge in [-0.15, -0.1) is 6.58 Å². The third-order valence-corrected chi connectivity index (χ3v) is 2.09. The third kappa shape index (κ3) is 3.95. The maximum Gasteiger partial charge on any atom is 0.321 e. The molecule has 2 N–H and O–H groups in total. The molecule has 80 valence electrons. The average molecular weight is 205 g/mol. The van der Waals surface area contributed by atoms with E-state index >= 15 is 0 Å². The molecule has 0 aliphatic heterocycles. The summed E-state index contributed by atoms with van der Waals surface area (Å²) in [4.78, 5) is 10.9. The van der Waals surface area contributed by atoms with Crippen LogP contribution in [0.3, 0.4) is 0 Å². The maximum absolute atomic E-state index is 10.9. The van der Waals surface area contributed by atoms with Gasteiger partial charge in [0.2, 0.25) is 0 Å². The first-order chi connectivity index (χ1) is 7.24. The number of carboxylic acids is 1. The predicted molar refractivity (Wildman–Crippen MR) is 59.8 cm³/mol. The van der Waals surface area contributed by atoms with E-state index in [4.69, 9.17) is 5.11 Å². The minimum Gasteiger partial charge on any atom is -0.480 e. The van der Waals surface area contributed by atoms with Gasteiger partial charge in [-0.25, -0.2) is 0 Å². The molecule has 0 aliphatic rings. The van der Waals surface area contributed by atoms with Gasteiger partial charge >= 0.3 is 5.97 Å². The number of hydrogen-bond donors (Lipinski definition) is 2. The lowest BCUT2D eigenvalue weighted by atomic mass is 10.1. The van der Waals surface area contributed by atoms with Crippen LogP contribution in [0.15, 0.2) is 43.0 Å². The second-order valence-electron chi connectivity index (χ2n) is 3.28. The lowest BCUT2D eigenvalue weighted by Crippen LogP contribution is -2.38. The van der Waals surface area contributed by atoms with Crippen molar-refractivity contribution in [3.63, 3.8) is 0 Å². The van der Waals surface area contributed by atoms with Gasteiger partial charge in [-0.2, -0.15) is 0 Å². The van der Waals surface area contributed by atoms with Crippen molar-refractivity contribution in [2.75, 3.05) is 6.54 Å². The first-order valence-electron chi connectivity index (χ1n) is 4.85. The molecule has 1 rings (SSSR count). The van der Waals surface area contributed by atoms with Gasteiger partial charge in [-0.05, 0) is 12.0 Å². The summed E-state index contributed by atoms with van der Waals surface area (Å²) in [5, 5.41) is 11.9. The second-order valence-corrected chi connectivity index (χ2v) is 3.28. The van der Waals surface area contributed by atoms with E-state index in [1.54, 1.807) is 6.08 Å². The number of carboxylic acid groups (broad SMARTS) is 1. The molecule has 1 atom stereocenters. The molecule has 0 aliphatic carbocycles. The van der Waals surface area contributed by atoms with E-state index in [9.17, 15) is 4.79 Å². The van der Waals surface area contributed by atoms with Crippen LogP contribution in [0, 0.1) is 0 Å². The topological polar surface area (TPSA) is 49.3 Å². The van der Waals surface area contributed by atoms with Crippen LogP contribution in [0.5, 0.6) is 0 Å². The molecule has 0 aromatic heterocycles. The Morgan fingerprint density at radius 1 is 1.47 bits per heavy atom. The van der Waals surface area contributed by atoms with Gasteiger partial charge < -0.3 is 10.4 Å². The Morgan fingerprint density at radius 3 is 2.67 bits per heavy atom. The number of nitrogens with one attached hydrogen (secondary N) is 1. The van der Waals surface area contributed by atoms with Gasteiger partial charge in [0.15, 0.2) is 0 Å². The van der Waals surface area contributed by atoms with Gasteiger partial charge in [0.25, 0.3) is 0 Å². The number of benzene rings is 1. The molecule has 3 nitrogen and oxygen atoms in total. The largest absolute Gasteiger partial charge is 0.480 e. The van der Waals surface area contributed by atoms with Crippen molar-refractivity contribution >= 4 is 5.97 Å². The molecule has 0 saturated carbocycles. The SMILES string of the molecule is C=CCN[C@H](Cc1ccccc1)C(=O)O. The fourth-order valence-corrected chi connectivity index (χ4v) is 1.32. The number of aliphatic carboxylic acids is 1. The Labute approximate surface area is 89.4 Å². The van der Waals surface area contributed by atoms with Gasteiger partial charge in [0, 0.05) is 6.54 Å². The highest BCUT2D eigenvalue weighted by molar-refractivity contribution is 5.73. The highest BCUT2D eigenvalue weighted by Crippen LogP contribution is 2.03. The highest BCUT2D eigenvalue weighted by atomic mass is 16.4. The molecule has 1 aromatic rings. The van der Waals surface area contributed by atoms with Crippen LogP contribution in [-0.4, -0.2) is 23.7 Å². The van der Waals surface area contributed by atoms with Crippen LogP contribution in [0.4, 0.5) is 0 Å². The lowest BCUT2D eigenvalue weighted by Gasteiger charge is -2.12. The van der Waals surface area contributed by atoms with Crippen LogP contribution in [-0.2, 0) is 11.2 Å². The smallest absolute Gasteiger partial charge is 0.321 e. The third-order valence-electron chi connectivity index (χ3n) is 2.09. The average Bonchev–Trinajstić information content (AvgIpc) is 2.25. The Morgan fingerprint density at radius 2 is 2.13 bits per heavy atom. The van der Waals surface area contributed by atoms with E-state index in [1.807, 2.05) is 30.3 Å². The molecule has 0 fully saturated rings. The molecular formula is C12H15NO2. The van der Waals surface area contributed by atoms with Crippen molar-refractivity contribution in [1.29, 1.82) is 0 Å². The Balaban J connectivity index is 2.58. The Bertz CT molecular complexity index is 322. The number of carbonyl (C=O) groups is 1. The fourth-order valence-electron chi connectivity index (χ4n) is 1.32. The quantitative estimate of drug-likeness (QED) is 0.691. The van der Waals surface area contributed by atoms with Crippen LogP contribution in [0.1, 0.15) is 5.56 Å². The normalized spacial score (nSPS) is 12.0. The molecule has 1 aromatic carbocycles. The van der Waals surface area contributed by atoms with Gasteiger partial charge in [0.05, 0.1) is 0 Å². The summed E-state index contributed by atoms with van der Waals surface area (Å²) in [6, 6.07) is 9.02. The van der Waals surface area contributed by atoms with Crippen molar-refractivity contribution in [2.45, 2.75) is 12.5 Å². The van der Waals surface area contributed by atoms with E-state index in [2.05, 4.69) is 11.9 Å². The van der Waals surface area contributed by atoms with Crippen molar-refractivity contribution in [3.8, 4) is 0 Å². The van der Waals surface area contributed by atoms with E-state index in [0.717, 1.165) is 5.56 Å². The molecule has 0 unspecified atom stereocenters. The Hall–Kier alpha value is -1.61. The van der Waals surface area contributed by atoms with Gasteiger partial charge in [-0.1, -0.05) is 36.4 Å². The highest BCUT2D eigenvalue weighted by Gasteiger charge is 2.15. The monoisotopic (exact) mass is 205 g/mol. The van der Waals surface area contributed by atoms with Crippen LogP contribution < -0.4 is 5.32 Å². The zero-order valence-corrected chi connectivity index (χ0v) is 8.52. The predicted octanol–water partition coefficient (Wildman–Crippen LogP) is 1.46. The summed E-state index contributed by atoms with van der Waals surface area (Å²) in [6.45, 7) is 4.05. The molecule has 15 heavy (non-hydrogen) atoms. The minimum atomic E-state index is -0.833. The second kappa shape index (κ2) is 5.98. The lowest BCUT2D eigenvalue weighted by molar-refractivity contribution is -0.139. The summed E-state index contributed by atoms with van der Waals surface area (Å²) in [5.74, 6) is -0.833. The number of hydrogen-bond acceptors (Lipinski definition) is 2. The molecule has 0 heterocycles. The maximum atomic E-state index is 10.9. The summed E-state index contributed by atoms with van der Waals surface area (Å²) >= 11 is 0. The molecule has 0 radical (unpaired) electrons. The van der Waals surface area contributed by atoms with Crippen LogP contribution in [0.2, 0.25) is 0 Å². The van der Waals surface area contributed by atoms with E-state index in [0.29, 0.717) is 13.0 Å². The van der Waals surface area contributed by atoms with E-state index in [1.165, 1.54) is 0 Å². The molecular weight excluding hydrogens is 190 g/mol. The minimum absolute atomic E-state index is 0.490. The van der Waals surface area contributed by atoms with Crippen molar-refractivity contribution < 1.29 is 9.90 Å². The summed E-state index contributed by atoms with van der Waals surface area (Å²) in [5.41, 5.74) is 1.02. The van der Waals surface area contributed by atoms with E-state index < -0.39 is 12.0 Å². The van der Waals surface area contributed by atoms with Crippen LogP contribution >= 0.6 is 0 Å². The molecule has 3 heteroatoms. The summed E-state index contributed by atoms with van der Waals surface area (Å²) in [7, 11) is 0. The zero-order valence-electron chi connectivity index (χ0n) is 8.52. The molecule has 0 spiro atoms. The molecule has 0 saturated heterocycles. The Kier molecular flexibility index (Phi) is 4.57. The van der Waals surface area contributed by atoms with Gasteiger partial charge in [-0.3, -0.25) is 4.79 Å². The van der Waals surface area contributed by atoms with Crippen LogP contribution in [0.25, 0.3) is 0 Å². The first-order valence-corrected chi connectivity index (χ1v) is 4.85. The molecule has 0 bridgehead atoms. The van der Waals surface area contributed by atoms with Crippen molar-refractivity contribution in [3.05, 3.63) is 48.6 Å². The molecule has 0 amide bonds. The summed E-state index contributed by atoms with van der Waals surface area (Å²) < 4.78 is 0. The zero-order chi connectivity index (χ0) is 11.1. The van der Waals surface area contributed by atoms with E-state index in [-0.39, 0.29) is 0 Å². The number of rotatable bonds is 6. The van der Waals surface area contributed by atoms with Crippen molar-refractivity contribution in [1.82, 2.24) is 5.32 Å². The summed E-state index contributed by atoms with van der Waals surface area (Å²) in [6.07, 6.45) is 2.14. The van der Waals surface area contributed by atoms with Crippen molar-refractivity contribution in [2.24, 2.45) is 0 Å². The van der Waals surface area contributed by atoms with Gasteiger partial charge in [0.1, 0.15) is 6.04 Å². The first kappa shape index (κ1) is 11.5. The fraction of sp³-hybridized carbons (Fsp3) is 0.250. The standard InChI is InChI=1S/C12H15NO2/c1-2-8-13-11(12(14)15)9-10-6-4-3-5-7-10/h2-7,11,13H,1,8-9H2,(H,14,15)/t11-/m1/s1.